The fraction of sp³-hybridized carbons (Fsp3) is 0.467. The molecule has 0 radical (unpaired) electrons. The van der Waals surface area contributed by atoms with Gasteiger partial charge in [-0.05, 0) is 25.0 Å². The quantitative estimate of drug-likeness (QED) is 0.830. The van der Waals surface area contributed by atoms with Gasteiger partial charge in [0.05, 0.1) is 20.6 Å². The van der Waals surface area contributed by atoms with E-state index in [9.17, 15) is 9.59 Å². The highest BCUT2D eigenvalue weighted by Crippen LogP contribution is 2.34. The number of imide groups is 1. The summed E-state index contributed by atoms with van der Waals surface area (Å²) in [5.74, 6) is 0.993. The molecule has 6 heteroatoms. The van der Waals surface area contributed by atoms with Crippen LogP contribution in [0, 0.1) is 0 Å². The van der Waals surface area contributed by atoms with Gasteiger partial charge >= 0.3 is 0 Å². The van der Waals surface area contributed by atoms with Gasteiger partial charge in [-0.2, -0.15) is 0 Å². The second-order valence-corrected chi connectivity index (χ2v) is 5.30. The van der Waals surface area contributed by atoms with Gasteiger partial charge in [0.15, 0.2) is 11.5 Å². The van der Waals surface area contributed by atoms with Crippen molar-refractivity contribution < 1.29 is 19.1 Å². The molecule has 1 aromatic carbocycles. The van der Waals surface area contributed by atoms with Crippen LogP contribution in [0.3, 0.4) is 0 Å². The van der Waals surface area contributed by atoms with E-state index in [0.717, 1.165) is 18.5 Å². The van der Waals surface area contributed by atoms with Crippen molar-refractivity contribution in [2.75, 3.05) is 19.5 Å². The fourth-order valence-electron chi connectivity index (χ4n) is 2.61. The van der Waals surface area contributed by atoms with E-state index in [4.69, 9.17) is 9.47 Å². The smallest absolute Gasteiger partial charge is 0.252 e. The molecule has 6 nitrogen and oxygen atoms in total. The Bertz CT molecular complexity index is 583. The van der Waals surface area contributed by atoms with Gasteiger partial charge in [-0.1, -0.05) is 0 Å². The second kappa shape index (κ2) is 5.27. The number of rotatable bonds is 5. The van der Waals surface area contributed by atoms with Crippen LogP contribution >= 0.6 is 0 Å². The van der Waals surface area contributed by atoms with Gasteiger partial charge in [-0.3, -0.25) is 14.5 Å². The van der Waals surface area contributed by atoms with Gasteiger partial charge in [-0.25, -0.2) is 0 Å². The van der Waals surface area contributed by atoms with Crippen LogP contribution in [0.1, 0.15) is 19.3 Å². The van der Waals surface area contributed by atoms with Crippen LogP contribution in [-0.2, 0) is 9.59 Å². The molecule has 2 amide bonds. The van der Waals surface area contributed by atoms with Gasteiger partial charge in [0.25, 0.3) is 5.91 Å². The Labute approximate surface area is 123 Å². The van der Waals surface area contributed by atoms with E-state index in [-0.39, 0.29) is 24.3 Å². The number of carbonyl (C=O) groups is 2. The molecule has 0 bridgehead atoms. The number of carbonyl (C=O) groups excluding carboxylic acids is 2. The van der Waals surface area contributed by atoms with Crippen LogP contribution in [0.15, 0.2) is 18.2 Å². The van der Waals surface area contributed by atoms with Crippen molar-refractivity contribution in [3.8, 4) is 11.5 Å². The molecule has 1 saturated heterocycles. The van der Waals surface area contributed by atoms with Gasteiger partial charge in [-0.15, -0.1) is 0 Å². The maximum Gasteiger partial charge on any atom is 0.252 e. The minimum atomic E-state index is -0.490. The minimum absolute atomic E-state index is 0.0829. The zero-order valence-corrected chi connectivity index (χ0v) is 12.1. The van der Waals surface area contributed by atoms with Crippen molar-refractivity contribution in [2.45, 2.75) is 31.3 Å². The van der Waals surface area contributed by atoms with Crippen LogP contribution in [0.4, 0.5) is 5.69 Å². The molecular formula is C15H18N2O4. The number of nitrogens with zero attached hydrogens (tertiary/aromatic N) is 1. The summed E-state index contributed by atoms with van der Waals surface area (Å²) in [7, 11) is 3.12. The van der Waals surface area contributed by atoms with E-state index in [1.165, 1.54) is 4.90 Å². The number of nitrogens with one attached hydrogen (secondary N) is 1. The molecule has 1 N–H and O–H groups in total. The number of hydrogen-bond acceptors (Lipinski definition) is 5. The Morgan fingerprint density at radius 3 is 2.48 bits per heavy atom. The molecule has 1 aromatic rings. The van der Waals surface area contributed by atoms with E-state index >= 15 is 0 Å². The first kappa shape index (κ1) is 13.7. The lowest BCUT2D eigenvalue weighted by atomic mass is 10.2. The maximum atomic E-state index is 12.3. The minimum Gasteiger partial charge on any atom is -0.493 e. The molecule has 3 rings (SSSR count). The topological polar surface area (TPSA) is 67.9 Å². The summed E-state index contributed by atoms with van der Waals surface area (Å²) < 4.78 is 10.4. The van der Waals surface area contributed by atoms with E-state index in [1.54, 1.807) is 32.4 Å². The normalized spacial score (nSPS) is 21.6. The van der Waals surface area contributed by atoms with Gasteiger partial charge in [0.2, 0.25) is 5.91 Å². The standard InChI is InChI=1S/C15H18N2O4/c1-20-12-6-3-9(7-13(12)21-2)16-11-8-14(18)17(15(11)19)10-4-5-10/h3,6-7,10-11,16H,4-5,8H2,1-2H3. The molecule has 1 unspecified atom stereocenters. The number of likely N-dealkylation sites (tertiary alicyclic amines) is 1. The summed E-state index contributed by atoms with van der Waals surface area (Å²) >= 11 is 0. The first-order chi connectivity index (χ1) is 10.1. The molecule has 2 fully saturated rings. The lowest BCUT2D eigenvalue weighted by Gasteiger charge is -2.16. The molecule has 112 valence electrons. The maximum absolute atomic E-state index is 12.3. The second-order valence-electron chi connectivity index (χ2n) is 5.30. The zero-order valence-electron chi connectivity index (χ0n) is 12.1. The highest BCUT2D eigenvalue weighted by molar-refractivity contribution is 6.07. The number of hydrogen-bond donors (Lipinski definition) is 1. The summed E-state index contributed by atoms with van der Waals surface area (Å²) in [5, 5.41) is 3.11. The Kier molecular flexibility index (Phi) is 3.45. The third kappa shape index (κ3) is 2.53. The molecule has 1 saturated carbocycles. The van der Waals surface area contributed by atoms with Crippen molar-refractivity contribution in [3.63, 3.8) is 0 Å². The van der Waals surface area contributed by atoms with Crippen LogP contribution in [0.5, 0.6) is 11.5 Å². The molecule has 0 aromatic heterocycles. The molecular weight excluding hydrogens is 272 g/mol. The van der Waals surface area contributed by atoms with Crippen LogP contribution in [0.2, 0.25) is 0 Å². The molecule has 21 heavy (non-hydrogen) atoms. The molecule has 1 heterocycles. The van der Waals surface area contributed by atoms with E-state index in [1.807, 2.05) is 0 Å². The van der Waals surface area contributed by atoms with E-state index in [2.05, 4.69) is 5.32 Å². The van der Waals surface area contributed by atoms with E-state index in [0.29, 0.717) is 11.5 Å². The summed E-state index contributed by atoms with van der Waals surface area (Å²) in [5.41, 5.74) is 0.733. The fourth-order valence-corrected chi connectivity index (χ4v) is 2.61. The highest BCUT2D eigenvalue weighted by Gasteiger charge is 2.46. The Morgan fingerprint density at radius 1 is 1.14 bits per heavy atom. The molecule has 1 aliphatic heterocycles. The van der Waals surface area contributed by atoms with Crippen molar-refractivity contribution in [1.29, 1.82) is 0 Å². The molecule has 0 spiro atoms. The lowest BCUT2D eigenvalue weighted by molar-refractivity contribution is -0.139. The van der Waals surface area contributed by atoms with Crippen molar-refractivity contribution in [1.82, 2.24) is 4.90 Å². The van der Waals surface area contributed by atoms with Gasteiger partial charge in [0, 0.05) is 17.8 Å². The zero-order chi connectivity index (χ0) is 15.0. The number of benzene rings is 1. The number of anilines is 1. The number of ether oxygens (including phenoxy) is 2. The Hall–Kier alpha value is -2.24. The Balaban J connectivity index is 1.75. The van der Waals surface area contributed by atoms with Gasteiger partial charge < -0.3 is 14.8 Å². The van der Waals surface area contributed by atoms with Crippen molar-refractivity contribution >= 4 is 17.5 Å². The largest absolute Gasteiger partial charge is 0.493 e. The van der Waals surface area contributed by atoms with Crippen LogP contribution in [0.25, 0.3) is 0 Å². The SMILES string of the molecule is COc1ccc(NC2CC(=O)N(C3CC3)C2=O)cc1OC. The average molecular weight is 290 g/mol. The number of methoxy groups -OCH3 is 2. The van der Waals surface area contributed by atoms with Crippen LogP contribution < -0.4 is 14.8 Å². The van der Waals surface area contributed by atoms with E-state index < -0.39 is 6.04 Å². The highest BCUT2D eigenvalue weighted by atomic mass is 16.5. The van der Waals surface area contributed by atoms with Crippen molar-refractivity contribution in [3.05, 3.63) is 18.2 Å². The molecule has 1 aliphatic carbocycles. The Morgan fingerprint density at radius 2 is 1.86 bits per heavy atom. The summed E-state index contributed by atoms with van der Waals surface area (Å²) in [4.78, 5) is 25.6. The summed E-state index contributed by atoms with van der Waals surface area (Å²) in [6, 6.07) is 4.97. The predicted molar refractivity (Wildman–Crippen MR) is 76.4 cm³/mol. The third-order valence-corrected chi connectivity index (χ3v) is 3.82. The molecule has 2 aliphatic rings. The predicted octanol–water partition coefficient (Wildman–Crippen LogP) is 1.41. The lowest BCUT2D eigenvalue weighted by Crippen LogP contribution is -2.36. The molecule has 1 atom stereocenters. The average Bonchev–Trinajstić information content (AvgIpc) is 3.27. The number of amides is 2. The third-order valence-electron chi connectivity index (χ3n) is 3.82. The first-order valence-corrected chi connectivity index (χ1v) is 6.98. The van der Waals surface area contributed by atoms with Gasteiger partial charge in [0.1, 0.15) is 6.04 Å². The summed E-state index contributed by atoms with van der Waals surface area (Å²) in [6.45, 7) is 0. The summed E-state index contributed by atoms with van der Waals surface area (Å²) in [6.07, 6.45) is 2.07. The first-order valence-electron chi connectivity index (χ1n) is 6.98. The monoisotopic (exact) mass is 290 g/mol. The van der Waals surface area contributed by atoms with Crippen LogP contribution in [-0.4, -0.2) is 43.0 Å². The van der Waals surface area contributed by atoms with Crippen molar-refractivity contribution in [2.24, 2.45) is 0 Å².